The van der Waals surface area contributed by atoms with Crippen molar-refractivity contribution in [3.05, 3.63) is 29.3 Å². The van der Waals surface area contributed by atoms with Crippen molar-refractivity contribution in [2.45, 2.75) is 38.1 Å². The number of amides is 4. The lowest BCUT2D eigenvalue weighted by atomic mass is 10.1. The summed E-state index contributed by atoms with van der Waals surface area (Å²) in [5.41, 5.74) is 1.21. The Balaban J connectivity index is 1.60. The summed E-state index contributed by atoms with van der Waals surface area (Å²) in [6.45, 7) is 0.764. The maximum absolute atomic E-state index is 12.8. The minimum absolute atomic E-state index is 0.171. The van der Waals surface area contributed by atoms with Gasteiger partial charge in [-0.05, 0) is 30.9 Å². The van der Waals surface area contributed by atoms with E-state index >= 15 is 0 Å². The summed E-state index contributed by atoms with van der Waals surface area (Å²) >= 11 is 0. The normalized spacial score (nSPS) is 23.4. The van der Waals surface area contributed by atoms with Gasteiger partial charge in [0.1, 0.15) is 6.04 Å². The topological polar surface area (TPSA) is 95.6 Å². The third kappa shape index (κ3) is 2.59. The van der Waals surface area contributed by atoms with Gasteiger partial charge in [0.05, 0.1) is 17.5 Å². The van der Waals surface area contributed by atoms with Crippen molar-refractivity contribution >= 4 is 29.3 Å². The van der Waals surface area contributed by atoms with Crippen molar-refractivity contribution in [2.75, 3.05) is 11.9 Å². The molecule has 1 unspecified atom stereocenters. The van der Waals surface area contributed by atoms with Gasteiger partial charge in [-0.2, -0.15) is 0 Å². The predicted octanol–water partition coefficient (Wildman–Crippen LogP) is 1.30. The van der Waals surface area contributed by atoms with E-state index in [9.17, 15) is 19.2 Å². The van der Waals surface area contributed by atoms with Crippen molar-refractivity contribution < 1.29 is 19.2 Å². The van der Waals surface area contributed by atoms with E-state index in [1.165, 1.54) is 25.7 Å². The number of rotatable bonds is 4. The molecular weight excluding hydrogens is 322 g/mol. The van der Waals surface area contributed by atoms with Crippen LogP contribution in [0.3, 0.4) is 0 Å². The molecule has 7 nitrogen and oxygen atoms in total. The van der Waals surface area contributed by atoms with Crippen molar-refractivity contribution in [1.29, 1.82) is 0 Å². The van der Waals surface area contributed by atoms with E-state index in [2.05, 4.69) is 10.6 Å². The number of carbonyl (C=O) groups excluding carboxylic acids is 4. The zero-order valence-electron chi connectivity index (χ0n) is 13.7. The molecule has 25 heavy (non-hydrogen) atoms. The molecule has 2 fully saturated rings. The highest BCUT2D eigenvalue weighted by Gasteiger charge is 2.47. The van der Waals surface area contributed by atoms with Crippen LogP contribution in [-0.2, 0) is 9.59 Å². The molecule has 1 saturated heterocycles. The molecule has 1 atom stereocenters. The molecule has 0 spiro atoms. The molecule has 0 bridgehead atoms. The van der Waals surface area contributed by atoms with Gasteiger partial charge in [-0.15, -0.1) is 0 Å². The van der Waals surface area contributed by atoms with Crippen LogP contribution in [0.15, 0.2) is 18.2 Å². The highest BCUT2D eigenvalue weighted by Crippen LogP contribution is 2.33. The number of nitrogens with zero attached hydrogens (tertiary/aromatic N) is 1. The molecule has 1 aliphatic carbocycles. The molecule has 2 heterocycles. The molecule has 2 N–H and O–H groups in total. The van der Waals surface area contributed by atoms with E-state index in [4.69, 9.17) is 0 Å². The molecule has 4 amide bonds. The summed E-state index contributed by atoms with van der Waals surface area (Å²) in [5.74, 6) is -1.51. The Kier molecular flexibility index (Phi) is 3.78. The maximum atomic E-state index is 12.8. The first-order valence-electron chi connectivity index (χ1n) is 8.64. The number of imide groups is 2. The smallest absolute Gasteiger partial charge is 0.264 e. The Bertz CT molecular complexity index is 783. The van der Waals surface area contributed by atoms with Crippen LogP contribution in [0.5, 0.6) is 0 Å². The Morgan fingerprint density at radius 1 is 1.08 bits per heavy atom. The number of hydrogen-bond donors (Lipinski definition) is 2. The van der Waals surface area contributed by atoms with Crippen LogP contribution in [0.4, 0.5) is 5.69 Å². The Morgan fingerprint density at radius 2 is 1.84 bits per heavy atom. The van der Waals surface area contributed by atoms with Gasteiger partial charge in [-0.25, -0.2) is 0 Å². The molecule has 130 valence electrons. The van der Waals surface area contributed by atoms with Crippen LogP contribution in [0.1, 0.15) is 52.8 Å². The molecule has 1 saturated carbocycles. The van der Waals surface area contributed by atoms with Crippen LogP contribution in [0.25, 0.3) is 0 Å². The van der Waals surface area contributed by atoms with Crippen molar-refractivity contribution in [3.8, 4) is 0 Å². The predicted molar refractivity (Wildman–Crippen MR) is 88.9 cm³/mol. The van der Waals surface area contributed by atoms with Gasteiger partial charge in [0.15, 0.2) is 0 Å². The van der Waals surface area contributed by atoms with Crippen LogP contribution in [0, 0.1) is 5.92 Å². The first-order chi connectivity index (χ1) is 12.1. The largest absolute Gasteiger partial charge is 0.384 e. The van der Waals surface area contributed by atoms with Gasteiger partial charge < -0.3 is 5.32 Å². The standard InChI is InChI=1S/C18H19N3O4/c22-14-8-13(16(23)20-14)21-17(24)11-6-3-7-12(15(11)18(21)25)19-9-10-4-1-2-5-10/h3,6-7,10,13,19H,1-2,4-5,8-9H2,(H,20,22,23). The first-order valence-corrected chi connectivity index (χ1v) is 8.64. The van der Waals surface area contributed by atoms with Gasteiger partial charge in [-0.3, -0.25) is 29.4 Å². The van der Waals surface area contributed by atoms with E-state index in [0.717, 1.165) is 11.4 Å². The Labute approximate surface area is 144 Å². The molecule has 3 aliphatic rings. The lowest BCUT2D eigenvalue weighted by Gasteiger charge is -2.18. The number of benzene rings is 1. The fourth-order valence-corrected chi connectivity index (χ4v) is 3.95. The van der Waals surface area contributed by atoms with Crippen molar-refractivity contribution in [3.63, 3.8) is 0 Å². The van der Waals surface area contributed by atoms with Gasteiger partial charge in [-0.1, -0.05) is 18.9 Å². The third-order valence-corrected chi connectivity index (χ3v) is 5.26. The SMILES string of the molecule is O=C1CC(N2C(=O)c3cccc(NCC4CCCC4)c3C2=O)C(=O)N1. The maximum Gasteiger partial charge on any atom is 0.264 e. The first kappa shape index (κ1) is 15.8. The summed E-state index contributed by atoms with van der Waals surface area (Å²) in [4.78, 5) is 49.7. The molecule has 0 radical (unpaired) electrons. The fraction of sp³-hybridized carbons (Fsp3) is 0.444. The second-order valence-corrected chi connectivity index (χ2v) is 6.87. The molecule has 2 aliphatic heterocycles. The van der Waals surface area contributed by atoms with E-state index < -0.39 is 29.7 Å². The zero-order chi connectivity index (χ0) is 17.6. The lowest BCUT2D eigenvalue weighted by molar-refractivity contribution is -0.125. The summed E-state index contributed by atoms with van der Waals surface area (Å²) in [6.07, 6.45) is 4.64. The van der Waals surface area contributed by atoms with Crippen LogP contribution in [0.2, 0.25) is 0 Å². The minimum atomic E-state index is -1.05. The summed E-state index contributed by atoms with van der Waals surface area (Å²) in [6, 6.07) is 4.04. The quantitative estimate of drug-likeness (QED) is 0.805. The number of carbonyl (C=O) groups is 4. The summed E-state index contributed by atoms with van der Waals surface area (Å²) in [7, 11) is 0. The number of hydrogen-bond acceptors (Lipinski definition) is 5. The molecule has 4 rings (SSSR count). The van der Waals surface area contributed by atoms with Gasteiger partial charge in [0, 0.05) is 12.2 Å². The number of fused-ring (bicyclic) bond motifs is 1. The van der Waals surface area contributed by atoms with Crippen molar-refractivity contribution in [2.24, 2.45) is 5.92 Å². The summed E-state index contributed by atoms with van der Waals surface area (Å²) in [5, 5.41) is 5.45. The monoisotopic (exact) mass is 341 g/mol. The number of anilines is 1. The molecule has 7 heteroatoms. The van der Waals surface area contributed by atoms with Crippen LogP contribution < -0.4 is 10.6 Å². The average Bonchev–Trinajstić information content (AvgIpc) is 3.27. The number of nitrogens with one attached hydrogen (secondary N) is 2. The van der Waals surface area contributed by atoms with E-state index in [1.807, 2.05) is 0 Å². The van der Waals surface area contributed by atoms with E-state index in [-0.39, 0.29) is 12.0 Å². The molecule has 1 aromatic rings. The van der Waals surface area contributed by atoms with Gasteiger partial charge in [0.2, 0.25) is 11.8 Å². The average molecular weight is 341 g/mol. The second kappa shape index (κ2) is 5.98. The van der Waals surface area contributed by atoms with Crippen molar-refractivity contribution in [1.82, 2.24) is 10.2 Å². The second-order valence-electron chi connectivity index (χ2n) is 6.87. The molecule has 0 aromatic heterocycles. The fourth-order valence-electron chi connectivity index (χ4n) is 3.95. The van der Waals surface area contributed by atoms with Crippen LogP contribution in [-0.4, -0.2) is 41.1 Å². The highest BCUT2D eigenvalue weighted by atomic mass is 16.2. The Hall–Kier alpha value is -2.70. The highest BCUT2D eigenvalue weighted by molar-refractivity contribution is 6.26. The van der Waals surface area contributed by atoms with E-state index in [1.54, 1.807) is 18.2 Å². The molecular formula is C18H19N3O4. The van der Waals surface area contributed by atoms with Gasteiger partial charge >= 0.3 is 0 Å². The Morgan fingerprint density at radius 3 is 2.52 bits per heavy atom. The van der Waals surface area contributed by atoms with Crippen LogP contribution >= 0.6 is 0 Å². The van der Waals surface area contributed by atoms with E-state index in [0.29, 0.717) is 17.2 Å². The van der Waals surface area contributed by atoms with Gasteiger partial charge in [0.25, 0.3) is 11.8 Å². The lowest BCUT2D eigenvalue weighted by Crippen LogP contribution is -2.44. The summed E-state index contributed by atoms with van der Waals surface area (Å²) < 4.78 is 0. The minimum Gasteiger partial charge on any atom is -0.384 e. The zero-order valence-corrected chi connectivity index (χ0v) is 13.7. The third-order valence-electron chi connectivity index (χ3n) is 5.26. The molecule has 1 aromatic carbocycles.